The second-order valence-corrected chi connectivity index (χ2v) is 10.9. The van der Waals surface area contributed by atoms with Gasteiger partial charge in [-0.25, -0.2) is 13.8 Å². The maximum absolute atomic E-state index is 13.9. The van der Waals surface area contributed by atoms with Crippen LogP contribution in [0.3, 0.4) is 0 Å². The molecular weight excluding hydrogens is 586 g/mol. The fourth-order valence-electron chi connectivity index (χ4n) is 3.81. The molecule has 0 aliphatic heterocycles. The van der Waals surface area contributed by atoms with Gasteiger partial charge in [-0.1, -0.05) is 18.5 Å². The van der Waals surface area contributed by atoms with Crippen molar-refractivity contribution in [1.29, 1.82) is 0 Å². The van der Waals surface area contributed by atoms with Crippen molar-refractivity contribution in [1.82, 2.24) is 5.43 Å². The van der Waals surface area contributed by atoms with Crippen LogP contribution in [-0.2, 0) is 14.8 Å². The molecule has 42 heavy (non-hydrogen) atoms. The van der Waals surface area contributed by atoms with E-state index in [0.717, 1.165) is 10.7 Å². The van der Waals surface area contributed by atoms with Gasteiger partial charge in [-0.15, -0.1) is 0 Å². The third-order valence-corrected chi connectivity index (χ3v) is 7.76. The van der Waals surface area contributed by atoms with Crippen LogP contribution in [0.2, 0.25) is 5.02 Å². The van der Waals surface area contributed by atoms with Gasteiger partial charge >= 0.3 is 0 Å². The Labute approximate surface area is 251 Å². The Balaban J connectivity index is 1.91. The third-order valence-electron chi connectivity index (χ3n) is 5.77. The van der Waals surface area contributed by atoms with Crippen LogP contribution in [0, 0.1) is 0 Å². The van der Waals surface area contributed by atoms with Gasteiger partial charge in [-0.3, -0.25) is 9.10 Å². The van der Waals surface area contributed by atoms with Gasteiger partial charge in [0.1, 0.15) is 12.3 Å². The zero-order valence-corrected chi connectivity index (χ0v) is 25.6. The molecular formula is C29H34ClN3O8S. The van der Waals surface area contributed by atoms with Crippen LogP contribution in [0.4, 0.5) is 5.69 Å². The standard InChI is InChI=1S/C29H34ClN3O8S/c1-6-14-41-26-11-8-20(15-28(26)40-7-2)18-31-32-29(34)19-33(23-16-21(30)9-12-24(23)37-3)42(35,36)22-10-13-25(38-4)27(17-22)39-5/h8-13,15-18H,6-7,14,19H2,1-5H3,(H,32,34)/b31-18-. The number of nitrogens with zero attached hydrogens (tertiary/aromatic N) is 2. The highest BCUT2D eigenvalue weighted by atomic mass is 35.5. The summed E-state index contributed by atoms with van der Waals surface area (Å²) < 4.78 is 56.0. The average molecular weight is 620 g/mol. The van der Waals surface area contributed by atoms with Crippen molar-refractivity contribution in [3.05, 3.63) is 65.2 Å². The van der Waals surface area contributed by atoms with Crippen molar-refractivity contribution < 1.29 is 36.9 Å². The number of nitrogens with one attached hydrogen (secondary N) is 1. The molecule has 0 spiro atoms. The van der Waals surface area contributed by atoms with E-state index in [1.807, 2.05) is 13.8 Å². The molecule has 0 unspecified atom stereocenters. The number of amides is 1. The molecule has 0 aromatic heterocycles. The fourth-order valence-corrected chi connectivity index (χ4v) is 5.42. The normalized spacial score (nSPS) is 11.2. The Kier molecular flexibility index (Phi) is 11.7. The summed E-state index contributed by atoms with van der Waals surface area (Å²) in [7, 11) is -0.133. The first kappa shape index (κ1) is 32.4. The topological polar surface area (TPSA) is 125 Å². The van der Waals surface area contributed by atoms with Gasteiger partial charge in [0.05, 0.1) is 51.3 Å². The molecule has 0 saturated carbocycles. The van der Waals surface area contributed by atoms with E-state index >= 15 is 0 Å². The van der Waals surface area contributed by atoms with Crippen molar-refractivity contribution in [3.63, 3.8) is 0 Å². The number of carbonyl (C=O) groups excluding carboxylic acids is 1. The van der Waals surface area contributed by atoms with Crippen molar-refractivity contribution in [2.75, 3.05) is 45.4 Å². The van der Waals surface area contributed by atoms with Crippen LogP contribution in [0.5, 0.6) is 28.7 Å². The first-order chi connectivity index (χ1) is 20.2. The lowest BCUT2D eigenvalue weighted by Gasteiger charge is -2.25. The number of benzene rings is 3. The summed E-state index contributed by atoms with van der Waals surface area (Å²) in [5.74, 6) is 1.16. The van der Waals surface area contributed by atoms with E-state index in [1.165, 1.54) is 57.9 Å². The Hall–Kier alpha value is -4.16. The summed E-state index contributed by atoms with van der Waals surface area (Å²) in [5, 5.41) is 4.25. The highest BCUT2D eigenvalue weighted by Gasteiger charge is 2.30. The number of hydrogen-bond acceptors (Lipinski definition) is 9. The number of hydrazone groups is 1. The van der Waals surface area contributed by atoms with E-state index in [-0.39, 0.29) is 27.1 Å². The molecule has 3 rings (SSSR count). The molecule has 226 valence electrons. The Bertz CT molecular complexity index is 1510. The molecule has 11 nitrogen and oxygen atoms in total. The largest absolute Gasteiger partial charge is 0.495 e. The molecule has 0 aliphatic carbocycles. The lowest BCUT2D eigenvalue weighted by molar-refractivity contribution is -0.119. The van der Waals surface area contributed by atoms with Gasteiger partial charge in [0.15, 0.2) is 23.0 Å². The van der Waals surface area contributed by atoms with Crippen LogP contribution >= 0.6 is 11.6 Å². The van der Waals surface area contributed by atoms with E-state index < -0.39 is 22.5 Å². The average Bonchev–Trinajstić information content (AvgIpc) is 2.99. The summed E-state index contributed by atoms with van der Waals surface area (Å²) in [6.45, 7) is 4.22. The fraction of sp³-hybridized carbons (Fsp3) is 0.310. The minimum Gasteiger partial charge on any atom is -0.495 e. The molecule has 13 heteroatoms. The molecule has 0 bridgehead atoms. The summed E-state index contributed by atoms with van der Waals surface area (Å²) in [6.07, 6.45) is 2.26. The van der Waals surface area contributed by atoms with Crippen molar-refractivity contribution in [2.45, 2.75) is 25.2 Å². The number of methoxy groups -OCH3 is 3. The second kappa shape index (κ2) is 15.2. The van der Waals surface area contributed by atoms with E-state index in [2.05, 4.69) is 10.5 Å². The number of sulfonamides is 1. The zero-order chi connectivity index (χ0) is 30.7. The highest BCUT2D eigenvalue weighted by Crippen LogP contribution is 2.37. The van der Waals surface area contributed by atoms with Gasteiger partial charge in [-0.05, 0) is 67.4 Å². The number of carbonyl (C=O) groups is 1. The van der Waals surface area contributed by atoms with Gasteiger partial charge in [0, 0.05) is 11.1 Å². The quantitative estimate of drug-likeness (QED) is 0.188. The minimum atomic E-state index is -4.34. The molecule has 0 fully saturated rings. The first-order valence-electron chi connectivity index (χ1n) is 13.0. The number of halogens is 1. The molecule has 1 N–H and O–H groups in total. The number of rotatable bonds is 15. The molecule has 3 aromatic rings. The van der Waals surface area contributed by atoms with Crippen molar-refractivity contribution >= 4 is 39.4 Å². The first-order valence-corrected chi connectivity index (χ1v) is 14.8. The maximum Gasteiger partial charge on any atom is 0.265 e. The summed E-state index contributed by atoms with van der Waals surface area (Å²) in [4.78, 5) is 12.9. The van der Waals surface area contributed by atoms with E-state index in [0.29, 0.717) is 36.0 Å². The predicted molar refractivity (Wildman–Crippen MR) is 161 cm³/mol. The summed E-state index contributed by atoms with van der Waals surface area (Å²) in [5.41, 5.74) is 3.07. The Morgan fingerprint density at radius 2 is 1.57 bits per heavy atom. The van der Waals surface area contributed by atoms with E-state index in [9.17, 15) is 13.2 Å². The predicted octanol–water partition coefficient (Wildman–Crippen LogP) is 4.90. The Morgan fingerprint density at radius 3 is 2.24 bits per heavy atom. The summed E-state index contributed by atoms with van der Waals surface area (Å²) >= 11 is 6.21. The molecule has 0 saturated heterocycles. The number of hydrogen-bond donors (Lipinski definition) is 1. The van der Waals surface area contributed by atoms with Crippen molar-refractivity contribution in [2.24, 2.45) is 5.10 Å². The second-order valence-electron chi connectivity index (χ2n) is 8.63. The van der Waals surface area contributed by atoms with Crippen LogP contribution in [-0.4, -0.2) is 61.6 Å². The maximum atomic E-state index is 13.9. The zero-order valence-electron chi connectivity index (χ0n) is 24.0. The SMILES string of the molecule is CCCOc1ccc(/C=N\NC(=O)CN(c2cc(Cl)ccc2OC)S(=O)(=O)c2ccc(OC)c(OC)c2)cc1OCC. The minimum absolute atomic E-state index is 0.0583. The lowest BCUT2D eigenvalue weighted by atomic mass is 10.2. The number of anilines is 1. The Morgan fingerprint density at radius 1 is 0.881 bits per heavy atom. The molecule has 0 aliphatic rings. The third kappa shape index (κ3) is 7.98. The van der Waals surface area contributed by atoms with Crippen LogP contribution in [0.15, 0.2) is 64.6 Å². The number of ether oxygens (including phenoxy) is 5. The summed E-state index contributed by atoms with van der Waals surface area (Å²) in [6, 6.07) is 13.8. The molecule has 1 amide bonds. The van der Waals surface area contributed by atoms with Gasteiger partial charge < -0.3 is 23.7 Å². The monoisotopic (exact) mass is 619 g/mol. The molecule has 0 heterocycles. The molecule has 0 atom stereocenters. The van der Waals surface area contributed by atoms with Crippen molar-refractivity contribution in [3.8, 4) is 28.7 Å². The van der Waals surface area contributed by atoms with E-state index in [4.69, 9.17) is 35.3 Å². The highest BCUT2D eigenvalue weighted by molar-refractivity contribution is 7.92. The smallest absolute Gasteiger partial charge is 0.265 e. The van der Waals surface area contributed by atoms with Crippen LogP contribution in [0.25, 0.3) is 0 Å². The van der Waals surface area contributed by atoms with Gasteiger partial charge in [0.2, 0.25) is 0 Å². The molecule has 3 aromatic carbocycles. The molecule has 0 radical (unpaired) electrons. The van der Waals surface area contributed by atoms with E-state index in [1.54, 1.807) is 24.3 Å². The van der Waals surface area contributed by atoms with Gasteiger partial charge in [0.25, 0.3) is 15.9 Å². The van der Waals surface area contributed by atoms with Gasteiger partial charge in [-0.2, -0.15) is 5.10 Å². The van der Waals surface area contributed by atoms with Crippen LogP contribution in [0.1, 0.15) is 25.8 Å². The lowest BCUT2D eigenvalue weighted by Crippen LogP contribution is -2.39. The van der Waals surface area contributed by atoms with Crippen LogP contribution < -0.4 is 33.4 Å².